The predicted molar refractivity (Wildman–Crippen MR) is 66.1 cm³/mol. The third kappa shape index (κ3) is 5.44. The molecule has 0 spiro atoms. The molecular formula is C12H19N3O2. The predicted octanol–water partition coefficient (Wildman–Crippen LogP) is -0.395. The van der Waals surface area contributed by atoms with Gasteiger partial charge in [0.15, 0.2) is 0 Å². The number of hydrogen-bond donors (Lipinski definition) is 3. The second kappa shape index (κ2) is 7.78. The Balaban J connectivity index is 2.20. The number of nitrogens with two attached hydrogens (primary N) is 2. The van der Waals surface area contributed by atoms with Crippen molar-refractivity contribution in [3.05, 3.63) is 35.9 Å². The molecule has 1 atom stereocenters. The van der Waals surface area contributed by atoms with Gasteiger partial charge in [0, 0.05) is 13.1 Å². The standard InChI is InChI=1S/C12H19N3O2/c13-6-7-15-12(16)11(14)9-17-8-10-4-2-1-3-5-10/h1-5,11H,6-9,13-14H2,(H,15,16)/t11-/m0/s1. The van der Waals surface area contributed by atoms with Gasteiger partial charge in [-0.05, 0) is 5.56 Å². The molecule has 1 amide bonds. The molecule has 5 N–H and O–H groups in total. The number of ether oxygens (including phenoxy) is 1. The molecule has 1 aromatic carbocycles. The number of rotatable bonds is 7. The van der Waals surface area contributed by atoms with Crippen molar-refractivity contribution in [3.63, 3.8) is 0 Å². The summed E-state index contributed by atoms with van der Waals surface area (Å²) in [5.74, 6) is -0.233. The Hall–Kier alpha value is -1.43. The van der Waals surface area contributed by atoms with Gasteiger partial charge in [-0.15, -0.1) is 0 Å². The fraction of sp³-hybridized carbons (Fsp3) is 0.417. The zero-order chi connectivity index (χ0) is 12.5. The Bertz CT molecular complexity index is 330. The summed E-state index contributed by atoms with van der Waals surface area (Å²) in [5.41, 5.74) is 12.0. The zero-order valence-corrected chi connectivity index (χ0v) is 9.76. The smallest absolute Gasteiger partial charge is 0.239 e. The highest BCUT2D eigenvalue weighted by Crippen LogP contribution is 2.00. The first-order chi connectivity index (χ1) is 8.24. The summed E-state index contributed by atoms with van der Waals surface area (Å²) in [6.45, 7) is 1.50. The lowest BCUT2D eigenvalue weighted by Gasteiger charge is -2.12. The fourth-order valence-corrected chi connectivity index (χ4v) is 1.28. The van der Waals surface area contributed by atoms with Crippen molar-refractivity contribution in [1.82, 2.24) is 5.32 Å². The number of nitrogens with one attached hydrogen (secondary N) is 1. The highest BCUT2D eigenvalue weighted by Gasteiger charge is 2.12. The van der Waals surface area contributed by atoms with Crippen molar-refractivity contribution >= 4 is 5.91 Å². The first-order valence-corrected chi connectivity index (χ1v) is 5.59. The van der Waals surface area contributed by atoms with E-state index in [4.69, 9.17) is 16.2 Å². The third-order valence-corrected chi connectivity index (χ3v) is 2.19. The maximum absolute atomic E-state index is 11.4. The molecule has 0 aromatic heterocycles. The van der Waals surface area contributed by atoms with Gasteiger partial charge in [0.25, 0.3) is 0 Å². The first-order valence-electron chi connectivity index (χ1n) is 5.59. The molecule has 0 saturated heterocycles. The molecule has 0 heterocycles. The molecule has 5 heteroatoms. The van der Waals surface area contributed by atoms with Crippen LogP contribution in [-0.4, -0.2) is 31.6 Å². The Kier molecular flexibility index (Phi) is 6.24. The molecule has 0 aliphatic carbocycles. The van der Waals surface area contributed by atoms with Crippen LogP contribution in [0.15, 0.2) is 30.3 Å². The van der Waals surface area contributed by atoms with Gasteiger partial charge in [0.1, 0.15) is 6.04 Å². The maximum atomic E-state index is 11.4. The Morgan fingerprint density at radius 3 is 2.71 bits per heavy atom. The first kappa shape index (κ1) is 13.6. The minimum Gasteiger partial charge on any atom is -0.375 e. The number of carbonyl (C=O) groups is 1. The van der Waals surface area contributed by atoms with E-state index < -0.39 is 6.04 Å². The molecular weight excluding hydrogens is 218 g/mol. The second-order valence-corrected chi connectivity index (χ2v) is 3.69. The van der Waals surface area contributed by atoms with Crippen LogP contribution in [0.2, 0.25) is 0 Å². The molecule has 0 bridgehead atoms. The zero-order valence-electron chi connectivity index (χ0n) is 9.76. The molecule has 0 fully saturated rings. The number of benzene rings is 1. The van der Waals surface area contributed by atoms with Crippen LogP contribution in [0.25, 0.3) is 0 Å². The van der Waals surface area contributed by atoms with Crippen LogP contribution < -0.4 is 16.8 Å². The lowest BCUT2D eigenvalue weighted by molar-refractivity contribution is -0.123. The normalized spacial score (nSPS) is 12.1. The minimum atomic E-state index is -0.648. The highest BCUT2D eigenvalue weighted by molar-refractivity contribution is 5.81. The van der Waals surface area contributed by atoms with Crippen LogP contribution in [0, 0.1) is 0 Å². The van der Waals surface area contributed by atoms with E-state index in [1.807, 2.05) is 30.3 Å². The van der Waals surface area contributed by atoms with Gasteiger partial charge < -0.3 is 21.5 Å². The Morgan fingerprint density at radius 2 is 2.06 bits per heavy atom. The summed E-state index contributed by atoms with van der Waals surface area (Å²) >= 11 is 0. The van der Waals surface area contributed by atoms with Gasteiger partial charge in [-0.1, -0.05) is 30.3 Å². The van der Waals surface area contributed by atoms with E-state index in [0.29, 0.717) is 19.7 Å². The fourth-order valence-electron chi connectivity index (χ4n) is 1.28. The Labute approximate surface area is 101 Å². The van der Waals surface area contributed by atoms with E-state index in [0.717, 1.165) is 5.56 Å². The molecule has 0 saturated carbocycles. The van der Waals surface area contributed by atoms with E-state index >= 15 is 0 Å². The lowest BCUT2D eigenvalue weighted by atomic mass is 10.2. The average Bonchev–Trinajstić information content (AvgIpc) is 2.37. The van der Waals surface area contributed by atoms with E-state index in [9.17, 15) is 4.79 Å². The van der Waals surface area contributed by atoms with Crippen LogP contribution in [0.5, 0.6) is 0 Å². The van der Waals surface area contributed by atoms with Crippen molar-refractivity contribution in [2.75, 3.05) is 19.7 Å². The number of hydrogen-bond acceptors (Lipinski definition) is 4. The molecule has 0 radical (unpaired) electrons. The van der Waals surface area contributed by atoms with Crippen LogP contribution in [0.1, 0.15) is 5.56 Å². The molecule has 1 aromatic rings. The Morgan fingerprint density at radius 1 is 1.35 bits per heavy atom. The molecule has 17 heavy (non-hydrogen) atoms. The van der Waals surface area contributed by atoms with Gasteiger partial charge in [-0.3, -0.25) is 4.79 Å². The molecule has 5 nitrogen and oxygen atoms in total. The largest absolute Gasteiger partial charge is 0.375 e. The monoisotopic (exact) mass is 237 g/mol. The summed E-state index contributed by atoms with van der Waals surface area (Å²) in [6, 6.07) is 9.08. The van der Waals surface area contributed by atoms with Gasteiger partial charge >= 0.3 is 0 Å². The molecule has 0 aliphatic rings. The molecule has 0 unspecified atom stereocenters. The average molecular weight is 237 g/mol. The quantitative estimate of drug-likeness (QED) is 0.602. The minimum absolute atomic E-state index is 0.200. The highest BCUT2D eigenvalue weighted by atomic mass is 16.5. The molecule has 0 aliphatic heterocycles. The van der Waals surface area contributed by atoms with Crippen LogP contribution >= 0.6 is 0 Å². The lowest BCUT2D eigenvalue weighted by Crippen LogP contribution is -2.45. The van der Waals surface area contributed by atoms with Crippen molar-refractivity contribution < 1.29 is 9.53 Å². The molecule has 1 rings (SSSR count). The molecule has 94 valence electrons. The van der Waals surface area contributed by atoms with Crippen LogP contribution in [0.4, 0.5) is 0 Å². The summed E-state index contributed by atoms with van der Waals surface area (Å²) in [5, 5.41) is 2.61. The number of carbonyl (C=O) groups excluding carboxylic acids is 1. The van der Waals surface area contributed by atoms with Crippen molar-refractivity contribution in [2.45, 2.75) is 12.6 Å². The van der Waals surface area contributed by atoms with Crippen LogP contribution in [0.3, 0.4) is 0 Å². The summed E-state index contributed by atoms with van der Waals surface area (Å²) in [7, 11) is 0. The van der Waals surface area contributed by atoms with Gasteiger partial charge in [0.05, 0.1) is 13.2 Å². The third-order valence-electron chi connectivity index (χ3n) is 2.19. The van der Waals surface area contributed by atoms with E-state index in [1.54, 1.807) is 0 Å². The van der Waals surface area contributed by atoms with Crippen molar-refractivity contribution in [3.8, 4) is 0 Å². The second-order valence-electron chi connectivity index (χ2n) is 3.69. The topological polar surface area (TPSA) is 90.4 Å². The SMILES string of the molecule is NCCNC(=O)[C@@H](N)COCc1ccccc1. The van der Waals surface area contributed by atoms with Gasteiger partial charge in [-0.2, -0.15) is 0 Å². The van der Waals surface area contributed by atoms with Crippen molar-refractivity contribution in [1.29, 1.82) is 0 Å². The van der Waals surface area contributed by atoms with E-state index in [2.05, 4.69) is 5.32 Å². The number of amides is 1. The summed E-state index contributed by atoms with van der Waals surface area (Å²) in [4.78, 5) is 11.4. The van der Waals surface area contributed by atoms with E-state index in [-0.39, 0.29) is 12.5 Å². The van der Waals surface area contributed by atoms with Gasteiger partial charge in [-0.25, -0.2) is 0 Å². The van der Waals surface area contributed by atoms with Crippen molar-refractivity contribution in [2.24, 2.45) is 11.5 Å². The van der Waals surface area contributed by atoms with E-state index in [1.165, 1.54) is 0 Å². The van der Waals surface area contributed by atoms with Crippen LogP contribution in [-0.2, 0) is 16.1 Å². The maximum Gasteiger partial charge on any atom is 0.239 e. The van der Waals surface area contributed by atoms with Gasteiger partial charge in [0.2, 0.25) is 5.91 Å². The summed E-state index contributed by atoms with van der Waals surface area (Å²) < 4.78 is 5.37. The summed E-state index contributed by atoms with van der Waals surface area (Å²) in [6.07, 6.45) is 0.